The molecule has 162 valence electrons. The Morgan fingerprint density at radius 2 is 1.88 bits per heavy atom. The summed E-state index contributed by atoms with van der Waals surface area (Å²) < 4.78 is 33.7. The van der Waals surface area contributed by atoms with Crippen LogP contribution in [0.25, 0.3) is 5.76 Å². The fourth-order valence-corrected chi connectivity index (χ4v) is 3.74. The van der Waals surface area contributed by atoms with Crippen LogP contribution in [0.1, 0.15) is 22.9 Å². The molecule has 1 amide bonds. The van der Waals surface area contributed by atoms with Crippen LogP contribution in [0.15, 0.2) is 66.4 Å². The number of nitrogens with zero attached hydrogens (tertiary/aromatic N) is 2. The van der Waals surface area contributed by atoms with Gasteiger partial charge in [-0.15, -0.1) is 0 Å². The smallest absolute Gasteiger partial charge is 0.300 e. The number of amides is 1. The van der Waals surface area contributed by atoms with Gasteiger partial charge in [0.25, 0.3) is 11.7 Å². The van der Waals surface area contributed by atoms with E-state index in [9.17, 15) is 23.5 Å². The Labute approximate surface area is 182 Å². The lowest BCUT2D eigenvalue weighted by Crippen LogP contribution is -2.30. The van der Waals surface area contributed by atoms with Gasteiger partial charge in [-0.3, -0.25) is 19.5 Å². The van der Waals surface area contributed by atoms with Crippen LogP contribution in [0.4, 0.5) is 14.5 Å². The number of carbonyl (C=O) groups is 2. The molecule has 1 fully saturated rings. The number of hydrogen-bond acceptors (Lipinski definition) is 5. The first-order chi connectivity index (χ1) is 15.3. The molecular formula is C24H18F2N2O4. The van der Waals surface area contributed by atoms with E-state index in [1.165, 1.54) is 19.4 Å². The first-order valence-corrected chi connectivity index (χ1v) is 9.65. The molecule has 8 heteroatoms. The molecule has 1 aliphatic heterocycles. The molecule has 0 radical (unpaired) electrons. The molecule has 0 saturated carbocycles. The van der Waals surface area contributed by atoms with E-state index >= 15 is 0 Å². The van der Waals surface area contributed by atoms with Gasteiger partial charge in [0.05, 0.1) is 24.1 Å². The predicted octanol–water partition coefficient (Wildman–Crippen LogP) is 4.30. The normalized spacial score (nSPS) is 17.6. The fraction of sp³-hybridized carbons (Fsp3) is 0.125. The van der Waals surface area contributed by atoms with Crippen molar-refractivity contribution in [2.24, 2.45) is 0 Å². The van der Waals surface area contributed by atoms with Gasteiger partial charge in [0.15, 0.2) is 0 Å². The van der Waals surface area contributed by atoms with Gasteiger partial charge < -0.3 is 9.84 Å². The Morgan fingerprint density at radius 1 is 1.09 bits per heavy atom. The van der Waals surface area contributed by atoms with Gasteiger partial charge in [-0.25, -0.2) is 8.78 Å². The average molecular weight is 436 g/mol. The van der Waals surface area contributed by atoms with Crippen molar-refractivity contribution >= 4 is 23.1 Å². The second kappa shape index (κ2) is 8.22. The molecule has 0 bridgehead atoms. The average Bonchev–Trinajstić information content (AvgIpc) is 3.06. The van der Waals surface area contributed by atoms with Gasteiger partial charge in [0, 0.05) is 17.8 Å². The summed E-state index contributed by atoms with van der Waals surface area (Å²) in [5.74, 6) is -3.71. The van der Waals surface area contributed by atoms with Crippen molar-refractivity contribution in [3.05, 3.63) is 94.8 Å². The van der Waals surface area contributed by atoms with Crippen LogP contribution in [0.2, 0.25) is 0 Å². The van der Waals surface area contributed by atoms with Gasteiger partial charge in [-0.2, -0.15) is 0 Å². The zero-order chi connectivity index (χ0) is 23.0. The second-order valence-electron chi connectivity index (χ2n) is 7.20. The van der Waals surface area contributed by atoms with Crippen LogP contribution in [-0.4, -0.2) is 28.9 Å². The van der Waals surface area contributed by atoms with Crippen molar-refractivity contribution < 1.29 is 28.2 Å². The number of ketones is 1. The molecule has 3 aromatic rings. The Hall–Kier alpha value is -4.07. The third-order valence-electron chi connectivity index (χ3n) is 5.27. The topological polar surface area (TPSA) is 79.7 Å². The number of aliphatic hydroxyl groups excluding tert-OH is 1. The van der Waals surface area contributed by atoms with Crippen LogP contribution in [0.5, 0.6) is 5.75 Å². The second-order valence-corrected chi connectivity index (χ2v) is 7.20. The number of aryl methyl sites for hydroxylation is 1. The van der Waals surface area contributed by atoms with Gasteiger partial charge >= 0.3 is 0 Å². The van der Waals surface area contributed by atoms with E-state index in [1.54, 1.807) is 37.3 Å². The number of pyridine rings is 1. The van der Waals surface area contributed by atoms with Gasteiger partial charge in [0.2, 0.25) is 0 Å². The molecule has 0 aliphatic carbocycles. The summed E-state index contributed by atoms with van der Waals surface area (Å²) in [4.78, 5) is 31.1. The van der Waals surface area contributed by atoms with Crippen LogP contribution in [-0.2, 0) is 9.59 Å². The maximum atomic E-state index is 14.6. The number of rotatable bonds is 4. The molecule has 1 aromatic heterocycles. The predicted molar refractivity (Wildman–Crippen MR) is 113 cm³/mol. The molecule has 1 aliphatic rings. The fourth-order valence-electron chi connectivity index (χ4n) is 3.74. The first-order valence-electron chi connectivity index (χ1n) is 9.65. The minimum Gasteiger partial charge on any atom is -0.507 e. The van der Waals surface area contributed by atoms with Crippen LogP contribution < -0.4 is 9.64 Å². The molecule has 1 saturated heterocycles. The van der Waals surface area contributed by atoms with Crippen molar-refractivity contribution in [1.29, 1.82) is 0 Å². The summed E-state index contributed by atoms with van der Waals surface area (Å²) in [5, 5.41) is 11.1. The minimum absolute atomic E-state index is 0.211. The summed E-state index contributed by atoms with van der Waals surface area (Å²) in [6, 6.07) is 11.0. The standard InChI is InChI=1S/C24H18F2N2O4/c1-13-11-15(32-2)7-8-16(13)22(29)20-21(18-5-3-4-10-27-18)28(24(31)23(20)30)19-12-14(25)6-9-17(19)26/h3-12,21,29H,1-2H3/b22-20-. The van der Waals surface area contributed by atoms with Crippen molar-refractivity contribution in [3.63, 3.8) is 0 Å². The summed E-state index contributed by atoms with van der Waals surface area (Å²) >= 11 is 0. The molecule has 1 atom stereocenters. The summed E-state index contributed by atoms with van der Waals surface area (Å²) in [6.45, 7) is 1.70. The van der Waals surface area contributed by atoms with Gasteiger partial charge in [-0.1, -0.05) is 6.07 Å². The number of carbonyl (C=O) groups excluding carboxylic acids is 2. The highest BCUT2D eigenvalue weighted by Crippen LogP contribution is 2.42. The third kappa shape index (κ3) is 3.49. The lowest BCUT2D eigenvalue weighted by Gasteiger charge is -2.25. The highest BCUT2D eigenvalue weighted by atomic mass is 19.1. The van der Waals surface area contributed by atoms with E-state index < -0.39 is 40.8 Å². The first kappa shape index (κ1) is 21.2. The Morgan fingerprint density at radius 3 is 2.53 bits per heavy atom. The minimum atomic E-state index is -1.26. The van der Waals surface area contributed by atoms with E-state index in [4.69, 9.17) is 4.74 Å². The highest BCUT2D eigenvalue weighted by Gasteiger charge is 2.48. The number of halogens is 2. The number of ether oxygens (including phenoxy) is 1. The molecule has 2 aromatic carbocycles. The largest absolute Gasteiger partial charge is 0.507 e. The van der Waals surface area contributed by atoms with E-state index in [-0.39, 0.29) is 11.3 Å². The van der Waals surface area contributed by atoms with Crippen molar-refractivity contribution in [3.8, 4) is 5.75 Å². The van der Waals surface area contributed by atoms with E-state index in [0.717, 1.165) is 23.1 Å². The summed E-state index contributed by atoms with van der Waals surface area (Å²) in [6.07, 6.45) is 1.44. The lowest BCUT2D eigenvalue weighted by atomic mass is 9.96. The number of anilines is 1. The molecule has 1 unspecified atom stereocenters. The molecule has 6 nitrogen and oxygen atoms in total. The number of methoxy groups -OCH3 is 1. The van der Waals surface area contributed by atoms with E-state index in [2.05, 4.69) is 4.98 Å². The SMILES string of the molecule is COc1ccc(/C(O)=C2/C(=O)C(=O)N(c3cc(F)ccc3F)C2c2ccccn2)c(C)c1. The monoisotopic (exact) mass is 436 g/mol. The molecule has 4 rings (SSSR count). The van der Waals surface area contributed by atoms with Crippen LogP contribution in [0.3, 0.4) is 0 Å². The maximum Gasteiger partial charge on any atom is 0.300 e. The number of aliphatic hydroxyl groups is 1. The lowest BCUT2D eigenvalue weighted by molar-refractivity contribution is -0.132. The Kier molecular flexibility index (Phi) is 5.44. The van der Waals surface area contributed by atoms with E-state index in [0.29, 0.717) is 16.9 Å². The third-order valence-corrected chi connectivity index (χ3v) is 5.27. The number of benzene rings is 2. The molecular weight excluding hydrogens is 418 g/mol. The van der Waals surface area contributed by atoms with E-state index in [1.807, 2.05) is 0 Å². The summed E-state index contributed by atoms with van der Waals surface area (Å²) in [5.41, 5.74) is 0.399. The van der Waals surface area contributed by atoms with Crippen molar-refractivity contribution in [1.82, 2.24) is 4.98 Å². The number of hydrogen-bond donors (Lipinski definition) is 1. The number of aromatic nitrogens is 1. The Bertz CT molecular complexity index is 1260. The van der Waals surface area contributed by atoms with Gasteiger partial charge in [-0.05, 0) is 55.0 Å². The highest BCUT2D eigenvalue weighted by molar-refractivity contribution is 6.51. The molecule has 2 heterocycles. The molecule has 32 heavy (non-hydrogen) atoms. The van der Waals surface area contributed by atoms with Crippen molar-refractivity contribution in [2.75, 3.05) is 12.0 Å². The van der Waals surface area contributed by atoms with Gasteiger partial charge in [0.1, 0.15) is 29.2 Å². The number of Topliss-reactive ketones (excluding diaryl/α,β-unsaturated/α-hetero) is 1. The maximum absolute atomic E-state index is 14.6. The van der Waals surface area contributed by atoms with Crippen LogP contribution >= 0.6 is 0 Å². The quantitative estimate of drug-likeness (QED) is 0.375. The van der Waals surface area contributed by atoms with Crippen LogP contribution in [0, 0.1) is 18.6 Å². The molecule has 1 N–H and O–H groups in total. The zero-order valence-corrected chi connectivity index (χ0v) is 17.2. The van der Waals surface area contributed by atoms with Crippen molar-refractivity contribution in [2.45, 2.75) is 13.0 Å². The zero-order valence-electron chi connectivity index (χ0n) is 17.2. The summed E-state index contributed by atoms with van der Waals surface area (Å²) in [7, 11) is 1.49. The Balaban J connectivity index is 1.97. The molecule has 0 spiro atoms.